The van der Waals surface area contributed by atoms with Crippen molar-refractivity contribution in [1.29, 1.82) is 5.26 Å². The number of hydrogen-bond donors (Lipinski definition) is 0. The van der Waals surface area contributed by atoms with Crippen LogP contribution in [0.2, 0.25) is 0 Å². The average molecular weight is 231 g/mol. The van der Waals surface area contributed by atoms with Crippen molar-refractivity contribution in [1.82, 2.24) is 0 Å². The van der Waals surface area contributed by atoms with Crippen LogP contribution < -0.4 is 0 Å². The SMILES string of the molecule is CCc1c2ccccc2c(C#N)c2ccccc12. The van der Waals surface area contributed by atoms with Crippen molar-refractivity contribution in [2.24, 2.45) is 0 Å². The van der Waals surface area contributed by atoms with Crippen LogP contribution in [-0.4, -0.2) is 0 Å². The van der Waals surface area contributed by atoms with Gasteiger partial charge in [0.2, 0.25) is 0 Å². The highest BCUT2D eigenvalue weighted by atomic mass is 14.3. The van der Waals surface area contributed by atoms with Crippen molar-refractivity contribution < 1.29 is 0 Å². The van der Waals surface area contributed by atoms with Crippen LogP contribution in [0.4, 0.5) is 0 Å². The van der Waals surface area contributed by atoms with Crippen LogP contribution in [-0.2, 0) is 6.42 Å². The molecule has 0 N–H and O–H groups in total. The molecular formula is C17H13N. The molecule has 0 amide bonds. The molecule has 0 unspecified atom stereocenters. The largest absolute Gasteiger partial charge is 0.192 e. The van der Waals surface area contributed by atoms with E-state index in [-0.39, 0.29) is 0 Å². The topological polar surface area (TPSA) is 23.8 Å². The fraction of sp³-hybridized carbons (Fsp3) is 0.118. The standard InChI is InChI=1S/C17H13N/c1-2-12-13-7-3-5-9-15(13)17(11-18)16-10-6-4-8-14(12)16/h3-10H,2H2,1H3. The second-order valence-corrected chi connectivity index (χ2v) is 4.41. The van der Waals surface area contributed by atoms with Gasteiger partial charge in [0, 0.05) is 10.8 Å². The van der Waals surface area contributed by atoms with Gasteiger partial charge in [0.1, 0.15) is 6.07 Å². The third-order valence-electron chi connectivity index (χ3n) is 3.51. The smallest absolute Gasteiger partial charge is 0.100 e. The Morgan fingerprint density at radius 3 is 1.67 bits per heavy atom. The Balaban J connectivity index is 2.67. The van der Waals surface area contributed by atoms with Gasteiger partial charge in [-0.3, -0.25) is 0 Å². The second kappa shape index (κ2) is 4.16. The van der Waals surface area contributed by atoms with E-state index in [0.717, 1.165) is 22.8 Å². The van der Waals surface area contributed by atoms with E-state index in [1.807, 2.05) is 36.4 Å². The molecule has 0 aliphatic rings. The zero-order valence-corrected chi connectivity index (χ0v) is 10.3. The van der Waals surface area contributed by atoms with E-state index in [2.05, 4.69) is 25.1 Å². The van der Waals surface area contributed by atoms with Gasteiger partial charge < -0.3 is 0 Å². The van der Waals surface area contributed by atoms with Crippen molar-refractivity contribution in [2.45, 2.75) is 13.3 Å². The lowest BCUT2D eigenvalue weighted by Crippen LogP contribution is -1.91. The van der Waals surface area contributed by atoms with Crippen LogP contribution in [0.1, 0.15) is 18.1 Å². The molecule has 3 aromatic rings. The molecular weight excluding hydrogens is 218 g/mol. The zero-order valence-electron chi connectivity index (χ0n) is 10.3. The lowest BCUT2D eigenvalue weighted by atomic mass is 9.91. The summed E-state index contributed by atoms with van der Waals surface area (Å²) in [6.45, 7) is 2.17. The molecule has 0 aliphatic carbocycles. The Morgan fingerprint density at radius 1 is 0.833 bits per heavy atom. The Kier molecular flexibility index (Phi) is 2.50. The van der Waals surface area contributed by atoms with E-state index in [0.29, 0.717) is 0 Å². The van der Waals surface area contributed by atoms with E-state index in [4.69, 9.17) is 0 Å². The van der Waals surface area contributed by atoms with Crippen molar-refractivity contribution in [3.05, 3.63) is 59.7 Å². The summed E-state index contributed by atoms with van der Waals surface area (Å²) < 4.78 is 0. The summed E-state index contributed by atoms with van der Waals surface area (Å²) in [6.07, 6.45) is 0.979. The molecule has 1 heteroatoms. The molecule has 0 bridgehead atoms. The van der Waals surface area contributed by atoms with Gasteiger partial charge in [-0.1, -0.05) is 55.5 Å². The second-order valence-electron chi connectivity index (χ2n) is 4.41. The van der Waals surface area contributed by atoms with Gasteiger partial charge in [-0.25, -0.2) is 0 Å². The first-order chi connectivity index (χ1) is 8.86. The Bertz CT molecular complexity index is 722. The Morgan fingerprint density at radius 2 is 1.28 bits per heavy atom. The van der Waals surface area contributed by atoms with Gasteiger partial charge in [0.25, 0.3) is 0 Å². The van der Waals surface area contributed by atoms with Crippen LogP contribution in [0, 0.1) is 11.3 Å². The van der Waals surface area contributed by atoms with E-state index in [9.17, 15) is 5.26 Å². The molecule has 1 nitrogen and oxygen atoms in total. The van der Waals surface area contributed by atoms with Gasteiger partial charge in [-0.15, -0.1) is 0 Å². The first-order valence-corrected chi connectivity index (χ1v) is 6.19. The average Bonchev–Trinajstić information content (AvgIpc) is 2.44. The molecule has 0 fully saturated rings. The maximum atomic E-state index is 9.45. The Labute approximate surface area is 106 Å². The van der Waals surface area contributed by atoms with Gasteiger partial charge in [0.15, 0.2) is 0 Å². The quantitative estimate of drug-likeness (QED) is 0.568. The highest BCUT2D eigenvalue weighted by Gasteiger charge is 2.11. The third-order valence-corrected chi connectivity index (χ3v) is 3.51. The summed E-state index contributed by atoms with van der Waals surface area (Å²) in [7, 11) is 0. The monoisotopic (exact) mass is 231 g/mol. The van der Waals surface area contributed by atoms with Crippen molar-refractivity contribution >= 4 is 21.5 Å². The predicted octanol–water partition coefficient (Wildman–Crippen LogP) is 4.43. The third kappa shape index (κ3) is 1.39. The highest BCUT2D eigenvalue weighted by Crippen LogP contribution is 2.32. The first kappa shape index (κ1) is 10.8. The number of nitrogens with zero attached hydrogens (tertiary/aromatic N) is 1. The minimum absolute atomic E-state index is 0.790. The number of nitriles is 1. The summed E-state index contributed by atoms with van der Waals surface area (Å²) in [5, 5.41) is 14.0. The molecule has 0 saturated heterocycles. The molecule has 18 heavy (non-hydrogen) atoms. The van der Waals surface area contributed by atoms with E-state index < -0.39 is 0 Å². The molecule has 3 aromatic carbocycles. The van der Waals surface area contributed by atoms with Gasteiger partial charge in [-0.05, 0) is 22.8 Å². The zero-order chi connectivity index (χ0) is 12.5. The van der Waals surface area contributed by atoms with Gasteiger partial charge in [-0.2, -0.15) is 5.26 Å². The van der Waals surface area contributed by atoms with Crippen molar-refractivity contribution in [3.8, 4) is 6.07 Å². The Hall–Kier alpha value is -2.33. The minimum Gasteiger partial charge on any atom is -0.192 e. The van der Waals surface area contributed by atoms with E-state index in [1.54, 1.807) is 0 Å². The van der Waals surface area contributed by atoms with Gasteiger partial charge >= 0.3 is 0 Å². The highest BCUT2D eigenvalue weighted by molar-refractivity contribution is 6.07. The number of fused-ring (bicyclic) bond motifs is 2. The van der Waals surface area contributed by atoms with Crippen molar-refractivity contribution in [3.63, 3.8) is 0 Å². The maximum Gasteiger partial charge on any atom is 0.100 e. The van der Waals surface area contributed by atoms with E-state index >= 15 is 0 Å². The summed E-state index contributed by atoms with van der Waals surface area (Å²) in [5.74, 6) is 0. The predicted molar refractivity (Wildman–Crippen MR) is 75.5 cm³/mol. The van der Waals surface area contributed by atoms with E-state index in [1.165, 1.54) is 16.3 Å². The van der Waals surface area contributed by atoms with Crippen LogP contribution in [0.5, 0.6) is 0 Å². The van der Waals surface area contributed by atoms with Crippen molar-refractivity contribution in [2.75, 3.05) is 0 Å². The lowest BCUT2D eigenvalue weighted by molar-refractivity contribution is 1.18. The number of hydrogen-bond acceptors (Lipinski definition) is 1. The maximum absolute atomic E-state index is 9.45. The molecule has 0 aliphatic heterocycles. The molecule has 0 spiro atoms. The molecule has 0 saturated carbocycles. The molecule has 3 rings (SSSR count). The fourth-order valence-corrected chi connectivity index (χ4v) is 2.72. The van der Waals surface area contributed by atoms with Crippen LogP contribution in [0.3, 0.4) is 0 Å². The molecule has 0 atom stereocenters. The molecule has 0 aromatic heterocycles. The minimum atomic E-state index is 0.790. The van der Waals surface area contributed by atoms with Gasteiger partial charge in [0.05, 0.1) is 5.56 Å². The first-order valence-electron chi connectivity index (χ1n) is 6.19. The fourth-order valence-electron chi connectivity index (χ4n) is 2.72. The summed E-state index contributed by atoms with van der Waals surface area (Å²) in [4.78, 5) is 0. The number of rotatable bonds is 1. The normalized spacial score (nSPS) is 10.7. The molecule has 0 heterocycles. The van der Waals surface area contributed by atoms with Crippen LogP contribution in [0.15, 0.2) is 48.5 Å². The summed E-state index contributed by atoms with van der Waals surface area (Å²) in [5.41, 5.74) is 2.12. The van der Waals surface area contributed by atoms with Crippen LogP contribution in [0.25, 0.3) is 21.5 Å². The number of aryl methyl sites for hydroxylation is 1. The van der Waals surface area contributed by atoms with Crippen LogP contribution >= 0.6 is 0 Å². The number of benzene rings is 3. The summed E-state index contributed by atoms with van der Waals surface area (Å²) in [6, 6.07) is 18.7. The lowest BCUT2D eigenvalue weighted by Gasteiger charge is -2.11. The molecule has 86 valence electrons. The molecule has 0 radical (unpaired) electrons. The summed E-state index contributed by atoms with van der Waals surface area (Å²) >= 11 is 0.